The number of nitrogens with zero attached hydrogens (tertiary/aromatic N) is 2. The molecule has 1 unspecified atom stereocenters. The zero-order valence-corrected chi connectivity index (χ0v) is 12.9. The Morgan fingerprint density at radius 1 is 1.32 bits per heavy atom. The minimum atomic E-state index is 0.334. The van der Waals surface area contributed by atoms with Crippen LogP contribution in [0.5, 0.6) is 5.75 Å². The van der Waals surface area contributed by atoms with Gasteiger partial charge in [-0.2, -0.15) is 5.26 Å². The number of methoxy groups -OCH3 is 1. The van der Waals surface area contributed by atoms with E-state index in [-0.39, 0.29) is 0 Å². The van der Waals surface area contributed by atoms with Gasteiger partial charge in [-0.3, -0.25) is 0 Å². The second kappa shape index (κ2) is 5.69. The lowest BCUT2D eigenvalue weighted by molar-refractivity contribution is 0.415. The van der Waals surface area contributed by atoms with Crippen molar-refractivity contribution in [2.24, 2.45) is 0 Å². The van der Waals surface area contributed by atoms with Gasteiger partial charge in [0, 0.05) is 11.3 Å². The largest absolute Gasteiger partial charge is 0.497 e. The van der Waals surface area contributed by atoms with Crippen molar-refractivity contribution in [1.82, 2.24) is 4.98 Å². The Morgan fingerprint density at radius 2 is 2.05 bits per heavy atom. The predicted octanol–water partition coefficient (Wildman–Crippen LogP) is 3.65. The summed E-state index contributed by atoms with van der Waals surface area (Å²) in [6.45, 7) is 2.17. The number of nitrogens with two attached hydrogens (primary N) is 1. The molecule has 4 nitrogen and oxygen atoms in total. The van der Waals surface area contributed by atoms with Crippen LogP contribution in [0, 0.1) is 11.3 Å². The van der Waals surface area contributed by atoms with Crippen LogP contribution in [0.1, 0.15) is 42.5 Å². The summed E-state index contributed by atoms with van der Waals surface area (Å²) in [5, 5.41) is 9.53. The van der Waals surface area contributed by atoms with E-state index in [0.717, 1.165) is 41.8 Å². The molecule has 1 aromatic heterocycles. The van der Waals surface area contributed by atoms with Crippen molar-refractivity contribution in [1.29, 1.82) is 5.26 Å². The highest BCUT2D eigenvalue weighted by Crippen LogP contribution is 2.40. The van der Waals surface area contributed by atoms with E-state index in [0.29, 0.717) is 17.3 Å². The summed E-state index contributed by atoms with van der Waals surface area (Å²) in [5.74, 6) is 1.52. The average Bonchev–Trinajstić information content (AvgIpc) is 2.55. The van der Waals surface area contributed by atoms with Crippen LogP contribution in [-0.4, -0.2) is 12.1 Å². The Labute approximate surface area is 130 Å². The van der Waals surface area contributed by atoms with Gasteiger partial charge in [0.05, 0.1) is 7.11 Å². The number of nitrogen functional groups attached to an aromatic ring is 1. The number of aromatic nitrogens is 1. The highest BCUT2D eigenvalue weighted by atomic mass is 16.5. The predicted molar refractivity (Wildman–Crippen MR) is 86.7 cm³/mol. The fraction of sp³-hybridized carbons (Fsp3) is 0.333. The monoisotopic (exact) mass is 293 g/mol. The number of nitriles is 1. The SMILES string of the molecule is COc1ccc(-c2c(C#N)c(N)nc3c2CCCC3C)cc1. The van der Waals surface area contributed by atoms with E-state index in [9.17, 15) is 5.26 Å². The zero-order chi connectivity index (χ0) is 15.7. The first-order chi connectivity index (χ1) is 10.7. The Kier molecular flexibility index (Phi) is 3.72. The van der Waals surface area contributed by atoms with E-state index < -0.39 is 0 Å². The van der Waals surface area contributed by atoms with Crippen LogP contribution in [-0.2, 0) is 6.42 Å². The fourth-order valence-corrected chi connectivity index (χ4v) is 3.23. The van der Waals surface area contributed by atoms with Gasteiger partial charge in [-0.25, -0.2) is 4.98 Å². The van der Waals surface area contributed by atoms with Crippen molar-refractivity contribution in [3.63, 3.8) is 0 Å². The molecule has 112 valence electrons. The summed E-state index contributed by atoms with van der Waals surface area (Å²) in [7, 11) is 1.64. The quantitative estimate of drug-likeness (QED) is 0.917. The molecule has 0 aliphatic heterocycles. The molecule has 22 heavy (non-hydrogen) atoms. The van der Waals surface area contributed by atoms with Crippen molar-refractivity contribution in [2.75, 3.05) is 12.8 Å². The van der Waals surface area contributed by atoms with Crippen molar-refractivity contribution >= 4 is 5.82 Å². The molecule has 0 amide bonds. The summed E-state index contributed by atoms with van der Waals surface area (Å²) < 4.78 is 5.21. The van der Waals surface area contributed by atoms with Gasteiger partial charge in [0.25, 0.3) is 0 Å². The van der Waals surface area contributed by atoms with Crippen molar-refractivity contribution in [2.45, 2.75) is 32.1 Å². The molecule has 1 aliphatic rings. The van der Waals surface area contributed by atoms with Gasteiger partial charge in [0.2, 0.25) is 0 Å². The van der Waals surface area contributed by atoms with Gasteiger partial charge in [-0.1, -0.05) is 19.1 Å². The second-order valence-corrected chi connectivity index (χ2v) is 5.74. The van der Waals surface area contributed by atoms with Gasteiger partial charge in [0.15, 0.2) is 0 Å². The molecule has 2 aromatic rings. The molecule has 0 bridgehead atoms. The van der Waals surface area contributed by atoms with Crippen molar-refractivity contribution < 1.29 is 4.74 Å². The van der Waals surface area contributed by atoms with Crippen LogP contribution in [0.2, 0.25) is 0 Å². The topological polar surface area (TPSA) is 71.9 Å². The Balaban J connectivity index is 2.26. The van der Waals surface area contributed by atoms with E-state index in [1.807, 2.05) is 24.3 Å². The van der Waals surface area contributed by atoms with Crippen LogP contribution in [0.25, 0.3) is 11.1 Å². The van der Waals surface area contributed by atoms with Gasteiger partial charge in [0.1, 0.15) is 23.2 Å². The first-order valence-corrected chi connectivity index (χ1v) is 7.52. The van der Waals surface area contributed by atoms with Gasteiger partial charge in [-0.05, 0) is 48.4 Å². The third-order valence-electron chi connectivity index (χ3n) is 4.38. The van der Waals surface area contributed by atoms with Crippen molar-refractivity contribution in [3.8, 4) is 22.9 Å². The van der Waals surface area contributed by atoms with E-state index in [1.54, 1.807) is 7.11 Å². The molecule has 0 fully saturated rings. The standard InChI is InChI=1S/C18H19N3O/c1-11-4-3-5-14-16(12-6-8-13(22-2)9-7-12)15(10-19)18(20)21-17(11)14/h6-9,11H,3-5H2,1-2H3,(H2,20,21). The fourth-order valence-electron chi connectivity index (χ4n) is 3.23. The third kappa shape index (κ3) is 2.29. The highest BCUT2D eigenvalue weighted by Gasteiger charge is 2.25. The summed E-state index contributed by atoms with van der Waals surface area (Å²) in [4.78, 5) is 4.52. The number of anilines is 1. The van der Waals surface area contributed by atoms with Crippen LogP contribution in [0.4, 0.5) is 5.82 Å². The number of ether oxygens (including phenoxy) is 1. The molecule has 0 radical (unpaired) electrons. The van der Waals surface area contributed by atoms with E-state index in [4.69, 9.17) is 10.5 Å². The normalized spacial score (nSPS) is 16.7. The molecule has 2 N–H and O–H groups in total. The van der Waals surface area contributed by atoms with Crippen LogP contribution in [0.3, 0.4) is 0 Å². The number of hydrogen-bond acceptors (Lipinski definition) is 4. The highest BCUT2D eigenvalue weighted by molar-refractivity contribution is 5.79. The maximum atomic E-state index is 9.53. The number of fused-ring (bicyclic) bond motifs is 1. The van der Waals surface area contributed by atoms with Crippen molar-refractivity contribution in [3.05, 3.63) is 41.1 Å². The lowest BCUT2D eigenvalue weighted by atomic mass is 9.82. The van der Waals surface area contributed by atoms with Crippen LogP contribution >= 0.6 is 0 Å². The van der Waals surface area contributed by atoms with Gasteiger partial charge in [-0.15, -0.1) is 0 Å². The molecule has 1 atom stereocenters. The Morgan fingerprint density at radius 3 is 2.68 bits per heavy atom. The molecule has 0 spiro atoms. The first-order valence-electron chi connectivity index (χ1n) is 7.52. The molecule has 4 heteroatoms. The molecular formula is C18H19N3O. The average molecular weight is 293 g/mol. The second-order valence-electron chi connectivity index (χ2n) is 5.74. The maximum absolute atomic E-state index is 9.53. The molecule has 3 rings (SSSR count). The first kappa shape index (κ1) is 14.4. The minimum Gasteiger partial charge on any atom is -0.497 e. The number of pyridine rings is 1. The van der Waals surface area contributed by atoms with Gasteiger partial charge < -0.3 is 10.5 Å². The zero-order valence-electron chi connectivity index (χ0n) is 12.9. The number of rotatable bonds is 2. The minimum absolute atomic E-state index is 0.334. The van der Waals surface area contributed by atoms with Crippen LogP contribution in [0.15, 0.2) is 24.3 Å². The van der Waals surface area contributed by atoms with E-state index in [1.165, 1.54) is 5.56 Å². The Bertz CT molecular complexity index is 744. The molecule has 1 heterocycles. The lowest BCUT2D eigenvalue weighted by Gasteiger charge is -2.25. The smallest absolute Gasteiger partial charge is 0.142 e. The molecular weight excluding hydrogens is 274 g/mol. The molecule has 1 aromatic carbocycles. The van der Waals surface area contributed by atoms with Gasteiger partial charge >= 0.3 is 0 Å². The molecule has 0 saturated heterocycles. The molecule has 0 saturated carbocycles. The summed E-state index contributed by atoms with van der Waals surface area (Å²) in [5.41, 5.74) is 10.7. The number of hydrogen-bond donors (Lipinski definition) is 1. The number of benzene rings is 1. The molecule has 1 aliphatic carbocycles. The summed E-state index contributed by atoms with van der Waals surface area (Å²) in [6.07, 6.45) is 3.18. The Hall–Kier alpha value is -2.54. The van der Waals surface area contributed by atoms with E-state index in [2.05, 4.69) is 18.0 Å². The van der Waals surface area contributed by atoms with Crippen LogP contribution < -0.4 is 10.5 Å². The lowest BCUT2D eigenvalue weighted by Crippen LogP contribution is -2.14. The van der Waals surface area contributed by atoms with E-state index >= 15 is 0 Å². The summed E-state index contributed by atoms with van der Waals surface area (Å²) >= 11 is 0. The summed E-state index contributed by atoms with van der Waals surface area (Å²) in [6, 6.07) is 10.0. The maximum Gasteiger partial charge on any atom is 0.142 e. The third-order valence-corrected chi connectivity index (χ3v) is 4.38.